The van der Waals surface area contributed by atoms with Crippen molar-refractivity contribution in [2.45, 2.75) is 6.92 Å². The zero-order chi connectivity index (χ0) is 15.2. The van der Waals surface area contributed by atoms with Gasteiger partial charge < -0.3 is 13.9 Å². The number of esters is 1. The van der Waals surface area contributed by atoms with E-state index in [1.807, 2.05) is 6.07 Å². The standard InChI is InChI=1S/C16H14O5/c1-11(17)20-15-6-4-3-5-12(15)7-8-13-9-14(19-2)10-16(18)21-13/h3-10H,1-2H3/b8-7+. The van der Waals surface area contributed by atoms with Crippen molar-refractivity contribution in [2.75, 3.05) is 7.11 Å². The van der Waals surface area contributed by atoms with E-state index in [0.29, 0.717) is 22.8 Å². The maximum atomic E-state index is 11.3. The molecule has 0 spiro atoms. The van der Waals surface area contributed by atoms with E-state index in [1.54, 1.807) is 36.4 Å². The van der Waals surface area contributed by atoms with Gasteiger partial charge in [-0.25, -0.2) is 4.79 Å². The minimum atomic E-state index is -0.498. The van der Waals surface area contributed by atoms with Crippen molar-refractivity contribution in [2.24, 2.45) is 0 Å². The van der Waals surface area contributed by atoms with E-state index < -0.39 is 11.6 Å². The first-order chi connectivity index (χ1) is 10.1. The molecule has 0 aliphatic rings. The van der Waals surface area contributed by atoms with Crippen LogP contribution in [0.5, 0.6) is 11.5 Å². The fourth-order valence-corrected chi connectivity index (χ4v) is 1.71. The molecule has 5 nitrogen and oxygen atoms in total. The summed E-state index contributed by atoms with van der Waals surface area (Å²) in [5.41, 5.74) is 0.195. The van der Waals surface area contributed by atoms with Gasteiger partial charge in [0.2, 0.25) is 0 Å². The summed E-state index contributed by atoms with van der Waals surface area (Å²) in [7, 11) is 1.47. The lowest BCUT2D eigenvalue weighted by Gasteiger charge is -2.04. The van der Waals surface area contributed by atoms with E-state index in [9.17, 15) is 9.59 Å². The van der Waals surface area contributed by atoms with Crippen molar-refractivity contribution in [3.05, 3.63) is 58.1 Å². The number of benzene rings is 1. The minimum Gasteiger partial charge on any atom is -0.496 e. The monoisotopic (exact) mass is 286 g/mol. The van der Waals surface area contributed by atoms with Gasteiger partial charge in [0.1, 0.15) is 17.3 Å². The highest BCUT2D eigenvalue weighted by molar-refractivity contribution is 5.75. The van der Waals surface area contributed by atoms with Crippen LogP contribution in [-0.4, -0.2) is 13.1 Å². The van der Waals surface area contributed by atoms with Crippen LogP contribution >= 0.6 is 0 Å². The molecule has 0 amide bonds. The van der Waals surface area contributed by atoms with Crippen LogP contribution in [0, 0.1) is 0 Å². The number of methoxy groups -OCH3 is 1. The zero-order valence-corrected chi connectivity index (χ0v) is 11.7. The van der Waals surface area contributed by atoms with Gasteiger partial charge in [-0.05, 0) is 18.2 Å². The van der Waals surface area contributed by atoms with Crippen LogP contribution in [0.25, 0.3) is 12.2 Å². The van der Waals surface area contributed by atoms with Crippen molar-refractivity contribution in [1.82, 2.24) is 0 Å². The number of hydrogen-bond acceptors (Lipinski definition) is 5. The fraction of sp³-hybridized carbons (Fsp3) is 0.125. The van der Waals surface area contributed by atoms with Crippen LogP contribution in [0.3, 0.4) is 0 Å². The topological polar surface area (TPSA) is 65.7 Å². The Hall–Kier alpha value is -2.82. The van der Waals surface area contributed by atoms with Gasteiger partial charge in [0, 0.05) is 18.6 Å². The first kappa shape index (κ1) is 14.6. The van der Waals surface area contributed by atoms with Crippen molar-refractivity contribution < 1.29 is 18.7 Å². The number of carbonyl (C=O) groups excluding carboxylic acids is 1. The summed E-state index contributed by atoms with van der Waals surface area (Å²) >= 11 is 0. The van der Waals surface area contributed by atoms with Gasteiger partial charge in [-0.3, -0.25) is 4.79 Å². The molecule has 1 aromatic carbocycles. The summed E-state index contributed by atoms with van der Waals surface area (Å²) in [5, 5.41) is 0. The van der Waals surface area contributed by atoms with Gasteiger partial charge in [-0.1, -0.05) is 18.2 Å². The average molecular weight is 286 g/mol. The summed E-state index contributed by atoms with van der Waals surface area (Å²) in [6.07, 6.45) is 3.29. The lowest BCUT2D eigenvalue weighted by atomic mass is 10.2. The third-order valence-electron chi connectivity index (χ3n) is 2.60. The van der Waals surface area contributed by atoms with E-state index in [4.69, 9.17) is 13.9 Å². The molecular formula is C16H14O5. The Morgan fingerprint density at radius 3 is 2.67 bits per heavy atom. The molecule has 5 heteroatoms. The SMILES string of the molecule is COc1cc(/C=C/c2ccccc2OC(C)=O)oc(=O)c1. The van der Waals surface area contributed by atoms with E-state index in [1.165, 1.54) is 20.1 Å². The number of ether oxygens (including phenoxy) is 2. The van der Waals surface area contributed by atoms with Crippen molar-refractivity contribution in [3.8, 4) is 11.5 Å². The Bertz CT molecular complexity index is 727. The molecule has 0 fully saturated rings. The van der Waals surface area contributed by atoms with E-state index in [-0.39, 0.29) is 0 Å². The van der Waals surface area contributed by atoms with Crippen LogP contribution in [0.1, 0.15) is 18.2 Å². The average Bonchev–Trinajstić information content (AvgIpc) is 2.45. The second-order valence-corrected chi connectivity index (χ2v) is 4.18. The molecule has 0 saturated carbocycles. The highest BCUT2D eigenvalue weighted by Crippen LogP contribution is 2.21. The molecule has 108 valence electrons. The van der Waals surface area contributed by atoms with Crippen molar-refractivity contribution >= 4 is 18.1 Å². The smallest absolute Gasteiger partial charge is 0.339 e. The molecule has 0 N–H and O–H groups in total. The van der Waals surface area contributed by atoms with Crippen LogP contribution in [0.15, 0.2) is 45.6 Å². The van der Waals surface area contributed by atoms with Gasteiger partial charge in [-0.15, -0.1) is 0 Å². The summed E-state index contributed by atoms with van der Waals surface area (Å²) in [4.78, 5) is 22.4. The molecular weight excluding hydrogens is 272 g/mol. The van der Waals surface area contributed by atoms with Gasteiger partial charge in [0.05, 0.1) is 13.2 Å². The van der Waals surface area contributed by atoms with Crippen LogP contribution < -0.4 is 15.1 Å². The summed E-state index contributed by atoms with van der Waals surface area (Å²) < 4.78 is 15.1. The molecule has 2 rings (SSSR count). The molecule has 0 saturated heterocycles. The lowest BCUT2D eigenvalue weighted by molar-refractivity contribution is -0.131. The highest BCUT2D eigenvalue weighted by atomic mass is 16.5. The van der Waals surface area contributed by atoms with Crippen LogP contribution in [0.4, 0.5) is 0 Å². The maximum absolute atomic E-state index is 11.3. The first-order valence-electron chi connectivity index (χ1n) is 6.23. The quantitative estimate of drug-likeness (QED) is 0.638. The van der Waals surface area contributed by atoms with E-state index in [2.05, 4.69) is 0 Å². The number of carbonyl (C=O) groups is 1. The Kier molecular flexibility index (Phi) is 4.56. The molecule has 1 heterocycles. The predicted octanol–water partition coefficient (Wildman–Crippen LogP) is 2.74. The van der Waals surface area contributed by atoms with Crippen molar-refractivity contribution in [1.29, 1.82) is 0 Å². The number of rotatable bonds is 4. The summed E-state index contributed by atoms with van der Waals surface area (Å²) in [6, 6.07) is 9.89. The molecule has 1 aromatic heterocycles. The van der Waals surface area contributed by atoms with E-state index >= 15 is 0 Å². The van der Waals surface area contributed by atoms with Gasteiger partial charge in [0.15, 0.2) is 0 Å². The highest BCUT2D eigenvalue weighted by Gasteiger charge is 2.03. The van der Waals surface area contributed by atoms with Gasteiger partial charge in [0.25, 0.3) is 0 Å². The Balaban J connectivity index is 2.31. The Labute approximate surface area is 121 Å². The second kappa shape index (κ2) is 6.56. The predicted molar refractivity (Wildman–Crippen MR) is 78.2 cm³/mol. The molecule has 0 atom stereocenters. The van der Waals surface area contributed by atoms with Gasteiger partial charge in [-0.2, -0.15) is 0 Å². The summed E-state index contributed by atoms with van der Waals surface area (Å²) in [6.45, 7) is 1.33. The maximum Gasteiger partial charge on any atom is 0.339 e. The zero-order valence-electron chi connectivity index (χ0n) is 11.7. The normalized spacial score (nSPS) is 10.6. The largest absolute Gasteiger partial charge is 0.496 e. The van der Waals surface area contributed by atoms with Crippen molar-refractivity contribution in [3.63, 3.8) is 0 Å². The fourth-order valence-electron chi connectivity index (χ4n) is 1.71. The Morgan fingerprint density at radius 1 is 1.19 bits per heavy atom. The molecule has 0 bridgehead atoms. The Morgan fingerprint density at radius 2 is 1.95 bits per heavy atom. The molecule has 0 aliphatic carbocycles. The summed E-state index contributed by atoms with van der Waals surface area (Å²) in [5.74, 6) is 0.798. The minimum absolute atomic E-state index is 0.344. The molecule has 21 heavy (non-hydrogen) atoms. The lowest BCUT2D eigenvalue weighted by Crippen LogP contribution is -2.02. The third-order valence-corrected chi connectivity index (χ3v) is 2.60. The number of hydrogen-bond donors (Lipinski definition) is 0. The molecule has 0 aliphatic heterocycles. The van der Waals surface area contributed by atoms with Crippen LogP contribution in [0.2, 0.25) is 0 Å². The molecule has 0 unspecified atom stereocenters. The number of para-hydroxylation sites is 1. The molecule has 0 radical (unpaired) electrons. The van der Waals surface area contributed by atoms with E-state index in [0.717, 1.165) is 0 Å². The third kappa shape index (κ3) is 4.07. The first-order valence-corrected chi connectivity index (χ1v) is 6.23. The van der Waals surface area contributed by atoms with Gasteiger partial charge >= 0.3 is 11.6 Å². The second-order valence-electron chi connectivity index (χ2n) is 4.18. The molecule has 2 aromatic rings. The van der Waals surface area contributed by atoms with Crippen LogP contribution in [-0.2, 0) is 4.79 Å².